The second kappa shape index (κ2) is 5.85. The van der Waals surface area contributed by atoms with Crippen LogP contribution < -0.4 is 4.74 Å². The molecule has 0 saturated heterocycles. The van der Waals surface area contributed by atoms with Crippen molar-refractivity contribution in [3.05, 3.63) is 65.9 Å². The maximum atomic E-state index is 11.4. The number of carbonyl (C=O) groups is 1. The molecule has 0 atom stereocenters. The molecule has 0 aliphatic carbocycles. The number of hydrogen-bond acceptors (Lipinski definition) is 3. The van der Waals surface area contributed by atoms with Crippen molar-refractivity contribution in [2.75, 3.05) is 7.11 Å². The predicted octanol–water partition coefficient (Wildman–Crippen LogP) is 3.67. The zero-order valence-corrected chi connectivity index (χ0v) is 12.5. The summed E-state index contributed by atoms with van der Waals surface area (Å²) < 4.78 is 6.99. The van der Waals surface area contributed by atoms with Gasteiger partial charge in [0.05, 0.1) is 18.4 Å². The van der Waals surface area contributed by atoms with E-state index in [-0.39, 0.29) is 0 Å². The standard InChI is InChI=1S/C18H16N2O2/c1-13-8-9-16(22-2)10-17(13)18-14(12-21)11-20(19-18)15-6-4-3-5-7-15/h3-12H,1-2H3. The minimum Gasteiger partial charge on any atom is -0.497 e. The molecule has 0 radical (unpaired) electrons. The summed E-state index contributed by atoms with van der Waals surface area (Å²) in [7, 11) is 1.62. The highest BCUT2D eigenvalue weighted by molar-refractivity contribution is 5.86. The van der Waals surface area contributed by atoms with E-state index in [0.717, 1.165) is 28.8 Å². The van der Waals surface area contributed by atoms with Crippen LogP contribution in [-0.4, -0.2) is 23.2 Å². The first-order valence-electron chi connectivity index (χ1n) is 6.98. The van der Waals surface area contributed by atoms with E-state index in [1.54, 1.807) is 18.0 Å². The highest BCUT2D eigenvalue weighted by Gasteiger charge is 2.14. The molecule has 0 unspecified atom stereocenters. The van der Waals surface area contributed by atoms with E-state index in [0.29, 0.717) is 11.3 Å². The molecule has 0 fully saturated rings. The quantitative estimate of drug-likeness (QED) is 0.689. The monoisotopic (exact) mass is 292 g/mol. The maximum absolute atomic E-state index is 11.4. The Morgan fingerprint density at radius 1 is 1.14 bits per heavy atom. The molecule has 110 valence electrons. The van der Waals surface area contributed by atoms with Gasteiger partial charge in [0.25, 0.3) is 0 Å². The Morgan fingerprint density at radius 2 is 1.91 bits per heavy atom. The number of methoxy groups -OCH3 is 1. The van der Waals surface area contributed by atoms with Crippen molar-refractivity contribution >= 4 is 6.29 Å². The molecule has 4 heteroatoms. The molecule has 0 spiro atoms. The SMILES string of the molecule is COc1ccc(C)c(-c2nn(-c3ccccc3)cc2C=O)c1. The number of aromatic nitrogens is 2. The topological polar surface area (TPSA) is 44.1 Å². The van der Waals surface area contributed by atoms with Gasteiger partial charge in [-0.2, -0.15) is 5.10 Å². The smallest absolute Gasteiger partial charge is 0.153 e. The van der Waals surface area contributed by atoms with Gasteiger partial charge < -0.3 is 4.74 Å². The first kappa shape index (κ1) is 14.1. The summed E-state index contributed by atoms with van der Waals surface area (Å²) in [5.74, 6) is 0.742. The van der Waals surface area contributed by atoms with Gasteiger partial charge in [-0.05, 0) is 36.8 Å². The van der Waals surface area contributed by atoms with Gasteiger partial charge in [-0.25, -0.2) is 4.68 Å². The van der Waals surface area contributed by atoms with Gasteiger partial charge in [-0.3, -0.25) is 4.79 Å². The van der Waals surface area contributed by atoms with Gasteiger partial charge in [0, 0.05) is 11.8 Å². The van der Waals surface area contributed by atoms with Gasteiger partial charge in [0.15, 0.2) is 6.29 Å². The second-order valence-corrected chi connectivity index (χ2v) is 5.01. The van der Waals surface area contributed by atoms with E-state index < -0.39 is 0 Å². The minimum atomic E-state index is 0.556. The Bertz CT molecular complexity index is 807. The summed E-state index contributed by atoms with van der Waals surface area (Å²) in [6, 6.07) is 15.5. The van der Waals surface area contributed by atoms with Crippen LogP contribution in [0.4, 0.5) is 0 Å². The van der Waals surface area contributed by atoms with Crippen LogP contribution in [0.1, 0.15) is 15.9 Å². The summed E-state index contributed by atoms with van der Waals surface area (Å²) in [4.78, 5) is 11.4. The largest absolute Gasteiger partial charge is 0.497 e. The number of nitrogens with zero attached hydrogens (tertiary/aromatic N) is 2. The van der Waals surface area contributed by atoms with Gasteiger partial charge in [-0.1, -0.05) is 24.3 Å². The zero-order valence-electron chi connectivity index (χ0n) is 12.5. The fraction of sp³-hybridized carbons (Fsp3) is 0.111. The Kier molecular flexibility index (Phi) is 3.74. The van der Waals surface area contributed by atoms with Crippen molar-refractivity contribution in [3.63, 3.8) is 0 Å². The van der Waals surface area contributed by atoms with Crippen molar-refractivity contribution in [3.8, 4) is 22.7 Å². The number of rotatable bonds is 4. The Morgan fingerprint density at radius 3 is 2.59 bits per heavy atom. The normalized spacial score (nSPS) is 10.5. The average molecular weight is 292 g/mol. The van der Waals surface area contributed by atoms with Gasteiger partial charge in [0.1, 0.15) is 11.4 Å². The van der Waals surface area contributed by atoms with Crippen LogP contribution in [0.15, 0.2) is 54.7 Å². The summed E-state index contributed by atoms with van der Waals surface area (Å²) in [6.45, 7) is 1.99. The summed E-state index contributed by atoms with van der Waals surface area (Å²) in [6.07, 6.45) is 2.58. The predicted molar refractivity (Wildman–Crippen MR) is 85.7 cm³/mol. The number of ether oxygens (including phenoxy) is 1. The third-order valence-electron chi connectivity index (χ3n) is 3.59. The van der Waals surface area contributed by atoms with Crippen LogP contribution in [0.2, 0.25) is 0 Å². The lowest BCUT2D eigenvalue weighted by Gasteiger charge is -2.07. The molecule has 2 aromatic carbocycles. The van der Waals surface area contributed by atoms with Crippen molar-refractivity contribution in [1.29, 1.82) is 0 Å². The zero-order chi connectivity index (χ0) is 15.5. The summed E-state index contributed by atoms with van der Waals surface area (Å²) >= 11 is 0. The van der Waals surface area contributed by atoms with Gasteiger partial charge in [-0.15, -0.1) is 0 Å². The molecular formula is C18H16N2O2. The van der Waals surface area contributed by atoms with E-state index in [4.69, 9.17) is 4.74 Å². The fourth-order valence-corrected chi connectivity index (χ4v) is 2.38. The highest BCUT2D eigenvalue weighted by atomic mass is 16.5. The van der Waals surface area contributed by atoms with Crippen LogP contribution in [0, 0.1) is 6.92 Å². The number of hydrogen-bond donors (Lipinski definition) is 0. The van der Waals surface area contributed by atoms with Crippen molar-refractivity contribution in [2.45, 2.75) is 6.92 Å². The molecule has 0 amide bonds. The molecule has 1 heterocycles. The van der Waals surface area contributed by atoms with Crippen molar-refractivity contribution in [2.24, 2.45) is 0 Å². The molecule has 22 heavy (non-hydrogen) atoms. The second-order valence-electron chi connectivity index (χ2n) is 5.01. The molecule has 3 rings (SSSR count). The van der Waals surface area contributed by atoms with Gasteiger partial charge >= 0.3 is 0 Å². The highest BCUT2D eigenvalue weighted by Crippen LogP contribution is 2.29. The third kappa shape index (κ3) is 2.51. The lowest BCUT2D eigenvalue weighted by Crippen LogP contribution is -1.95. The van der Waals surface area contributed by atoms with E-state index >= 15 is 0 Å². The van der Waals surface area contributed by atoms with Crippen LogP contribution in [0.3, 0.4) is 0 Å². The molecule has 1 aromatic heterocycles. The molecule has 0 bridgehead atoms. The molecule has 0 aliphatic heterocycles. The summed E-state index contributed by atoms with van der Waals surface area (Å²) in [5, 5.41) is 4.59. The van der Waals surface area contributed by atoms with Crippen LogP contribution in [0.25, 0.3) is 16.9 Å². The van der Waals surface area contributed by atoms with Crippen LogP contribution in [0.5, 0.6) is 5.75 Å². The fourth-order valence-electron chi connectivity index (χ4n) is 2.38. The average Bonchev–Trinajstić information content (AvgIpc) is 3.00. The number of aryl methyl sites for hydroxylation is 1. The first-order chi connectivity index (χ1) is 10.7. The Labute approximate surface area is 129 Å². The number of aldehydes is 1. The maximum Gasteiger partial charge on any atom is 0.153 e. The van der Waals surface area contributed by atoms with E-state index in [2.05, 4.69) is 5.10 Å². The lowest BCUT2D eigenvalue weighted by atomic mass is 10.0. The number of carbonyl (C=O) groups excluding carboxylic acids is 1. The number of benzene rings is 2. The summed E-state index contributed by atoms with van der Waals surface area (Å²) in [5.41, 5.74) is 4.08. The van der Waals surface area contributed by atoms with Crippen molar-refractivity contribution < 1.29 is 9.53 Å². The minimum absolute atomic E-state index is 0.556. The Hall–Kier alpha value is -2.88. The molecule has 0 aliphatic rings. The van der Waals surface area contributed by atoms with Gasteiger partial charge in [0.2, 0.25) is 0 Å². The first-order valence-corrected chi connectivity index (χ1v) is 6.98. The van der Waals surface area contributed by atoms with Crippen LogP contribution >= 0.6 is 0 Å². The lowest BCUT2D eigenvalue weighted by molar-refractivity contribution is 0.112. The van der Waals surface area contributed by atoms with Crippen LogP contribution in [-0.2, 0) is 0 Å². The van der Waals surface area contributed by atoms with Crippen molar-refractivity contribution in [1.82, 2.24) is 9.78 Å². The van der Waals surface area contributed by atoms with E-state index in [1.165, 1.54) is 0 Å². The molecule has 3 aromatic rings. The third-order valence-corrected chi connectivity index (χ3v) is 3.59. The van der Waals surface area contributed by atoms with E-state index in [1.807, 2.05) is 55.5 Å². The molecule has 0 saturated carbocycles. The molecule has 4 nitrogen and oxygen atoms in total. The molecule has 0 N–H and O–H groups in total. The van der Waals surface area contributed by atoms with E-state index in [9.17, 15) is 4.79 Å². The Balaban J connectivity index is 2.15. The molecular weight excluding hydrogens is 276 g/mol. The number of para-hydroxylation sites is 1.